The maximum atomic E-state index is 14.6. The van der Waals surface area contributed by atoms with Crippen molar-refractivity contribution in [2.75, 3.05) is 0 Å². The summed E-state index contributed by atoms with van der Waals surface area (Å²) in [4.78, 5) is 14.9. The highest BCUT2D eigenvalue weighted by Gasteiger charge is 2.33. The summed E-state index contributed by atoms with van der Waals surface area (Å²) in [6, 6.07) is 12.9. The molecule has 0 bridgehead atoms. The van der Waals surface area contributed by atoms with E-state index >= 15 is 0 Å². The zero-order chi connectivity index (χ0) is 20.5. The van der Waals surface area contributed by atoms with Crippen molar-refractivity contribution in [1.82, 2.24) is 14.7 Å². The fraction of sp³-hybridized carbons (Fsp3) is 0.333. The quantitative estimate of drug-likeness (QED) is 0.608. The minimum Gasteiger partial charge on any atom is -0.486 e. The van der Waals surface area contributed by atoms with E-state index in [1.807, 2.05) is 36.5 Å². The molecule has 2 heterocycles. The number of carbonyl (C=O) groups excluding carboxylic acids is 1. The first-order valence-corrected chi connectivity index (χ1v) is 10.6. The van der Waals surface area contributed by atoms with Gasteiger partial charge in [0, 0.05) is 25.5 Å². The number of benzene rings is 2. The molecule has 2 aromatic carbocycles. The third-order valence-electron chi connectivity index (χ3n) is 5.97. The molecule has 0 saturated heterocycles. The van der Waals surface area contributed by atoms with Crippen molar-refractivity contribution >= 4 is 5.91 Å². The Kier molecular flexibility index (Phi) is 4.99. The molecule has 0 atom stereocenters. The summed E-state index contributed by atoms with van der Waals surface area (Å²) in [6.45, 7) is 0.938. The highest BCUT2D eigenvalue weighted by atomic mass is 19.1. The van der Waals surface area contributed by atoms with Gasteiger partial charge in [-0.3, -0.25) is 4.79 Å². The maximum absolute atomic E-state index is 14.6. The molecule has 1 aliphatic heterocycles. The number of hydrogen-bond donors (Lipinski definition) is 0. The second-order valence-corrected chi connectivity index (χ2v) is 8.07. The molecule has 0 unspecified atom stereocenters. The normalized spacial score (nSPS) is 16.7. The van der Waals surface area contributed by atoms with Gasteiger partial charge in [-0.25, -0.2) is 9.07 Å². The molecule has 1 aliphatic carbocycles. The topological polar surface area (TPSA) is 47.4 Å². The number of fused-ring (bicyclic) bond motifs is 1. The molecule has 1 aromatic heterocycles. The highest BCUT2D eigenvalue weighted by Crippen LogP contribution is 2.36. The van der Waals surface area contributed by atoms with Gasteiger partial charge in [0.15, 0.2) is 11.6 Å². The number of hydrogen-bond acceptors (Lipinski definition) is 3. The number of ether oxygens (including phenoxy) is 1. The lowest BCUT2D eigenvalue weighted by Gasteiger charge is -2.24. The Labute approximate surface area is 175 Å². The van der Waals surface area contributed by atoms with Gasteiger partial charge in [0.1, 0.15) is 0 Å². The van der Waals surface area contributed by atoms with Crippen LogP contribution in [0.3, 0.4) is 0 Å². The molecule has 0 spiro atoms. The van der Waals surface area contributed by atoms with Gasteiger partial charge >= 0.3 is 0 Å². The average Bonchev–Trinajstić information content (AvgIpc) is 3.41. The van der Waals surface area contributed by atoms with Crippen molar-refractivity contribution in [3.8, 4) is 11.4 Å². The third-order valence-corrected chi connectivity index (χ3v) is 5.97. The molecule has 1 amide bonds. The van der Waals surface area contributed by atoms with Crippen LogP contribution >= 0.6 is 0 Å². The molecule has 5 nitrogen and oxygen atoms in total. The van der Waals surface area contributed by atoms with Crippen molar-refractivity contribution < 1.29 is 13.9 Å². The van der Waals surface area contributed by atoms with Crippen molar-refractivity contribution in [2.24, 2.45) is 0 Å². The van der Waals surface area contributed by atoms with Crippen LogP contribution in [-0.2, 0) is 13.1 Å². The Bertz CT molecular complexity index is 1040. The van der Waals surface area contributed by atoms with Crippen LogP contribution in [0.25, 0.3) is 5.69 Å². The molecule has 2 aliphatic rings. The van der Waals surface area contributed by atoms with Gasteiger partial charge in [0.2, 0.25) is 0 Å². The molecule has 1 fully saturated rings. The summed E-state index contributed by atoms with van der Waals surface area (Å²) >= 11 is 0. The van der Waals surface area contributed by atoms with Crippen molar-refractivity contribution in [3.63, 3.8) is 0 Å². The van der Waals surface area contributed by atoms with Crippen molar-refractivity contribution in [3.05, 3.63) is 77.4 Å². The van der Waals surface area contributed by atoms with E-state index in [0.29, 0.717) is 18.7 Å². The Morgan fingerprint density at radius 3 is 2.60 bits per heavy atom. The lowest BCUT2D eigenvalue weighted by atomic mass is 9.97. The monoisotopic (exact) mass is 405 g/mol. The van der Waals surface area contributed by atoms with E-state index in [0.717, 1.165) is 42.5 Å². The van der Waals surface area contributed by atoms with Crippen LogP contribution in [-0.4, -0.2) is 26.7 Å². The van der Waals surface area contributed by atoms with E-state index < -0.39 is 5.82 Å². The van der Waals surface area contributed by atoms with Crippen LogP contribution in [0, 0.1) is 5.82 Å². The van der Waals surface area contributed by atoms with Crippen molar-refractivity contribution in [1.29, 1.82) is 0 Å². The zero-order valence-corrected chi connectivity index (χ0v) is 16.8. The SMILES string of the molecule is O=C1c2c(ccc(F)c2OC2CCCCC2)CN1Cc1ccc(-n2cccn2)cc1. The fourth-order valence-corrected chi connectivity index (χ4v) is 4.39. The molecule has 0 N–H and O–H groups in total. The minimum atomic E-state index is -0.446. The number of nitrogens with zero attached hydrogens (tertiary/aromatic N) is 3. The van der Waals surface area contributed by atoms with Crippen LogP contribution in [0.4, 0.5) is 4.39 Å². The van der Waals surface area contributed by atoms with Gasteiger partial charge in [-0.2, -0.15) is 5.10 Å². The van der Waals surface area contributed by atoms with Gasteiger partial charge in [-0.1, -0.05) is 24.6 Å². The molecular formula is C24H24FN3O2. The van der Waals surface area contributed by atoms with E-state index in [2.05, 4.69) is 5.10 Å². The first kappa shape index (κ1) is 18.9. The zero-order valence-electron chi connectivity index (χ0n) is 16.8. The predicted octanol–water partition coefficient (Wildman–Crippen LogP) is 4.88. The van der Waals surface area contributed by atoms with E-state index in [4.69, 9.17) is 4.74 Å². The molecular weight excluding hydrogens is 381 g/mol. The first-order valence-electron chi connectivity index (χ1n) is 10.6. The summed E-state index contributed by atoms with van der Waals surface area (Å²) < 4.78 is 22.4. The number of amides is 1. The smallest absolute Gasteiger partial charge is 0.258 e. The summed E-state index contributed by atoms with van der Waals surface area (Å²) in [5.41, 5.74) is 3.21. The van der Waals surface area contributed by atoms with Gasteiger partial charge in [0.05, 0.1) is 17.4 Å². The van der Waals surface area contributed by atoms with Gasteiger partial charge in [0.25, 0.3) is 5.91 Å². The standard InChI is InChI=1S/C24H24FN3O2/c25-21-12-9-18-16-27(15-17-7-10-19(11-8-17)28-14-4-13-26-28)24(29)22(18)23(21)30-20-5-2-1-3-6-20/h4,7-14,20H,1-3,5-6,15-16H2. The highest BCUT2D eigenvalue weighted by molar-refractivity contribution is 6.01. The van der Waals surface area contributed by atoms with Crippen LogP contribution < -0.4 is 4.74 Å². The van der Waals surface area contributed by atoms with E-state index in [1.54, 1.807) is 21.8 Å². The second kappa shape index (κ2) is 7.94. The van der Waals surface area contributed by atoms with Gasteiger partial charge in [-0.05, 0) is 61.1 Å². The number of rotatable bonds is 5. The van der Waals surface area contributed by atoms with E-state index in [-0.39, 0.29) is 17.8 Å². The van der Waals surface area contributed by atoms with E-state index in [9.17, 15) is 9.18 Å². The number of carbonyl (C=O) groups is 1. The predicted molar refractivity (Wildman–Crippen MR) is 111 cm³/mol. The lowest BCUT2D eigenvalue weighted by molar-refractivity contribution is 0.0757. The molecule has 30 heavy (non-hydrogen) atoms. The Morgan fingerprint density at radius 1 is 1.07 bits per heavy atom. The average molecular weight is 405 g/mol. The van der Waals surface area contributed by atoms with Gasteiger partial charge < -0.3 is 9.64 Å². The van der Waals surface area contributed by atoms with Crippen LogP contribution in [0.2, 0.25) is 0 Å². The summed E-state index contributed by atoms with van der Waals surface area (Å²) in [7, 11) is 0. The Morgan fingerprint density at radius 2 is 1.87 bits per heavy atom. The molecule has 5 rings (SSSR count). The summed E-state index contributed by atoms with van der Waals surface area (Å²) in [5, 5.41) is 4.23. The minimum absolute atomic E-state index is 0.00330. The molecule has 0 radical (unpaired) electrons. The van der Waals surface area contributed by atoms with Crippen LogP contribution in [0.5, 0.6) is 5.75 Å². The van der Waals surface area contributed by atoms with Crippen LogP contribution in [0.1, 0.15) is 53.6 Å². The van der Waals surface area contributed by atoms with E-state index in [1.165, 1.54) is 12.5 Å². The van der Waals surface area contributed by atoms with Crippen molar-refractivity contribution in [2.45, 2.75) is 51.3 Å². The maximum Gasteiger partial charge on any atom is 0.258 e. The summed E-state index contributed by atoms with van der Waals surface area (Å²) in [5.74, 6) is -0.467. The molecule has 3 aromatic rings. The molecule has 1 saturated carbocycles. The number of halogens is 1. The lowest BCUT2D eigenvalue weighted by Crippen LogP contribution is -2.25. The fourth-order valence-electron chi connectivity index (χ4n) is 4.39. The first-order chi connectivity index (χ1) is 14.7. The largest absolute Gasteiger partial charge is 0.486 e. The van der Waals surface area contributed by atoms with Crippen LogP contribution in [0.15, 0.2) is 54.9 Å². The molecule has 6 heteroatoms. The van der Waals surface area contributed by atoms with Gasteiger partial charge in [-0.15, -0.1) is 0 Å². The summed E-state index contributed by atoms with van der Waals surface area (Å²) in [6.07, 6.45) is 8.84. The Balaban J connectivity index is 1.34. The second-order valence-electron chi connectivity index (χ2n) is 8.07. The third kappa shape index (κ3) is 3.58. The number of aromatic nitrogens is 2. The Hall–Kier alpha value is -3.15. The molecule has 154 valence electrons.